The normalized spacial score (nSPS) is 11.5. The van der Waals surface area contributed by atoms with Crippen molar-refractivity contribution in [1.29, 1.82) is 0 Å². The first kappa shape index (κ1) is 12.2. The van der Waals surface area contributed by atoms with Crippen molar-refractivity contribution in [2.24, 2.45) is 0 Å². The molecule has 0 unspecified atom stereocenters. The van der Waals surface area contributed by atoms with Crippen LogP contribution in [0.15, 0.2) is 12.4 Å². The number of hydrogen-bond acceptors (Lipinski definition) is 4. The van der Waals surface area contributed by atoms with Gasteiger partial charge in [0, 0.05) is 6.54 Å². The van der Waals surface area contributed by atoms with Gasteiger partial charge in [-0.25, -0.2) is 9.97 Å². The van der Waals surface area contributed by atoms with Gasteiger partial charge in [-0.2, -0.15) is 0 Å². The van der Waals surface area contributed by atoms with Gasteiger partial charge in [0.05, 0.1) is 23.0 Å². The molecule has 1 aromatic rings. The van der Waals surface area contributed by atoms with E-state index in [2.05, 4.69) is 15.3 Å². The molecule has 0 radical (unpaired) electrons. The topological polar surface area (TPSA) is 58.0 Å². The highest BCUT2D eigenvalue weighted by Crippen LogP contribution is 2.15. The molecule has 4 nitrogen and oxygen atoms in total. The summed E-state index contributed by atoms with van der Waals surface area (Å²) < 4.78 is 0. The van der Waals surface area contributed by atoms with Gasteiger partial charge in [0.2, 0.25) is 5.95 Å². The summed E-state index contributed by atoms with van der Waals surface area (Å²) in [7, 11) is 0. The average molecular weight is 230 g/mol. The second-order valence-corrected chi connectivity index (χ2v) is 3.95. The lowest BCUT2D eigenvalue weighted by atomic mass is 9.98. The van der Waals surface area contributed by atoms with Crippen molar-refractivity contribution in [3.8, 4) is 0 Å². The minimum Gasteiger partial charge on any atom is -0.388 e. The summed E-state index contributed by atoms with van der Waals surface area (Å²) >= 11 is 5.65. The predicted molar refractivity (Wildman–Crippen MR) is 61.1 cm³/mol. The Morgan fingerprint density at radius 1 is 1.33 bits per heavy atom. The molecule has 0 amide bonds. The zero-order valence-corrected chi connectivity index (χ0v) is 9.75. The molecule has 2 N–H and O–H groups in total. The number of rotatable bonds is 5. The second-order valence-electron chi connectivity index (χ2n) is 3.51. The molecular weight excluding hydrogens is 214 g/mol. The van der Waals surface area contributed by atoms with Gasteiger partial charge in [0.15, 0.2) is 0 Å². The van der Waals surface area contributed by atoms with Crippen LogP contribution in [0.2, 0.25) is 5.02 Å². The van der Waals surface area contributed by atoms with Crippen molar-refractivity contribution in [2.75, 3.05) is 11.9 Å². The van der Waals surface area contributed by atoms with E-state index in [9.17, 15) is 5.11 Å². The summed E-state index contributed by atoms with van der Waals surface area (Å²) in [6.07, 6.45) is 4.44. The average Bonchev–Trinajstić information content (AvgIpc) is 2.28. The maximum absolute atomic E-state index is 10.0. The Morgan fingerprint density at radius 3 is 2.33 bits per heavy atom. The second kappa shape index (κ2) is 5.28. The van der Waals surface area contributed by atoms with Crippen molar-refractivity contribution < 1.29 is 5.11 Å². The first-order valence-electron chi connectivity index (χ1n) is 5.03. The Hall–Kier alpha value is -0.870. The van der Waals surface area contributed by atoms with Gasteiger partial charge in [0.25, 0.3) is 0 Å². The van der Waals surface area contributed by atoms with Gasteiger partial charge in [-0.3, -0.25) is 0 Å². The van der Waals surface area contributed by atoms with Crippen LogP contribution in [-0.2, 0) is 0 Å². The van der Waals surface area contributed by atoms with Gasteiger partial charge in [0.1, 0.15) is 0 Å². The maximum atomic E-state index is 10.0. The summed E-state index contributed by atoms with van der Waals surface area (Å²) in [4.78, 5) is 7.97. The van der Waals surface area contributed by atoms with E-state index in [1.807, 2.05) is 13.8 Å². The Labute approximate surface area is 94.7 Å². The van der Waals surface area contributed by atoms with E-state index >= 15 is 0 Å². The highest BCUT2D eigenvalue weighted by molar-refractivity contribution is 6.30. The molecule has 0 saturated heterocycles. The van der Waals surface area contributed by atoms with E-state index in [0.717, 1.165) is 0 Å². The van der Waals surface area contributed by atoms with E-state index < -0.39 is 5.60 Å². The van der Waals surface area contributed by atoms with E-state index in [0.29, 0.717) is 30.4 Å². The van der Waals surface area contributed by atoms with Crippen LogP contribution < -0.4 is 5.32 Å². The first-order valence-corrected chi connectivity index (χ1v) is 5.41. The molecule has 15 heavy (non-hydrogen) atoms. The molecule has 1 aromatic heterocycles. The zero-order valence-electron chi connectivity index (χ0n) is 9.00. The standard InChI is InChI=1S/C10H16ClN3O/c1-3-10(15,4-2)7-14-9-12-5-8(11)6-13-9/h5-6,15H,3-4,7H2,1-2H3,(H,12,13,14). The van der Waals surface area contributed by atoms with Crippen molar-refractivity contribution in [3.63, 3.8) is 0 Å². The van der Waals surface area contributed by atoms with Crippen LogP contribution in [0.4, 0.5) is 5.95 Å². The van der Waals surface area contributed by atoms with E-state index in [1.54, 1.807) is 0 Å². The maximum Gasteiger partial charge on any atom is 0.222 e. The molecule has 0 aliphatic carbocycles. The van der Waals surface area contributed by atoms with Crippen LogP contribution in [-0.4, -0.2) is 27.2 Å². The van der Waals surface area contributed by atoms with Gasteiger partial charge < -0.3 is 10.4 Å². The molecule has 5 heteroatoms. The molecule has 0 aromatic carbocycles. The smallest absolute Gasteiger partial charge is 0.222 e. The Bertz CT molecular complexity index is 298. The third-order valence-corrected chi connectivity index (χ3v) is 2.71. The largest absolute Gasteiger partial charge is 0.388 e. The van der Waals surface area contributed by atoms with Crippen LogP contribution in [0.25, 0.3) is 0 Å². The number of halogens is 1. The van der Waals surface area contributed by atoms with E-state index in [-0.39, 0.29) is 0 Å². The first-order chi connectivity index (χ1) is 7.09. The third-order valence-electron chi connectivity index (χ3n) is 2.51. The summed E-state index contributed by atoms with van der Waals surface area (Å²) in [6, 6.07) is 0. The molecule has 0 fully saturated rings. The molecule has 1 heterocycles. The van der Waals surface area contributed by atoms with Gasteiger partial charge >= 0.3 is 0 Å². The SMILES string of the molecule is CCC(O)(CC)CNc1ncc(Cl)cn1. The minimum atomic E-state index is -0.691. The molecule has 0 spiro atoms. The highest BCUT2D eigenvalue weighted by atomic mass is 35.5. The minimum absolute atomic E-state index is 0.446. The fourth-order valence-corrected chi connectivity index (χ4v) is 1.24. The molecule has 0 aliphatic heterocycles. The predicted octanol–water partition coefficient (Wildman–Crippen LogP) is 2.09. The van der Waals surface area contributed by atoms with Crippen LogP contribution in [0.3, 0.4) is 0 Å². The number of aromatic nitrogens is 2. The lowest BCUT2D eigenvalue weighted by molar-refractivity contribution is 0.0455. The van der Waals surface area contributed by atoms with Crippen LogP contribution in [0.5, 0.6) is 0 Å². The molecule has 0 aliphatic rings. The van der Waals surface area contributed by atoms with Gasteiger partial charge in [-0.15, -0.1) is 0 Å². The number of nitrogens with one attached hydrogen (secondary N) is 1. The number of aliphatic hydroxyl groups is 1. The van der Waals surface area contributed by atoms with Gasteiger partial charge in [-0.1, -0.05) is 25.4 Å². The summed E-state index contributed by atoms with van der Waals surface area (Å²) in [5, 5.41) is 13.5. The van der Waals surface area contributed by atoms with E-state index in [4.69, 9.17) is 11.6 Å². The lowest BCUT2D eigenvalue weighted by Gasteiger charge is -2.25. The fourth-order valence-electron chi connectivity index (χ4n) is 1.15. The van der Waals surface area contributed by atoms with Crippen molar-refractivity contribution in [2.45, 2.75) is 32.3 Å². The van der Waals surface area contributed by atoms with Crippen molar-refractivity contribution in [1.82, 2.24) is 9.97 Å². The van der Waals surface area contributed by atoms with Crippen molar-refractivity contribution >= 4 is 17.5 Å². The number of anilines is 1. The monoisotopic (exact) mass is 229 g/mol. The lowest BCUT2D eigenvalue weighted by Crippen LogP contribution is -2.35. The molecule has 84 valence electrons. The van der Waals surface area contributed by atoms with Crippen LogP contribution in [0.1, 0.15) is 26.7 Å². The fraction of sp³-hybridized carbons (Fsp3) is 0.600. The molecule has 0 bridgehead atoms. The molecule has 0 atom stereocenters. The Balaban J connectivity index is 2.53. The Morgan fingerprint density at radius 2 is 1.87 bits per heavy atom. The summed E-state index contributed by atoms with van der Waals surface area (Å²) in [5.41, 5.74) is -0.691. The highest BCUT2D eigenvalue weighted by Gasteiger charge is 2.21. The van der Waals surface area contributed by atoms with Gasteiger partial charge in [-0.05, 0) is 12.8 Å². The zero-order chi connectivity index (χ0) is 11.3. The Kier molecular flexibility index (Phi) is 4.29. The molecular formula is C10H16ClN3O. The molecule has 1 rings (SSSR count). The third kappa shape index (κ3) is 3.64. The number of hydrogen-bond donors (Lipinski definition) is 2. The van der Waals surface area contributed by atoms with Crippen LogP contribution >= 0.6 is 11.6 Å². The van der Waals surface area contributed by atoms with E-state index in [1.165, 1.54) is 12.4 Å². The quantitative estimate of drug-likeness (QED) is 0.812. The summed E-state index contributed by atoms with van der Waals surface area (Å²) in [5.74, 6) is 0.486. The van der Waals surface area contributed by atoms with Crippen molar-refractivity contribution in [3.05, 3.63) is 17.4 Å². The molecule has 0 saturated carbocycles. The summed E-state index contributed by atoms with van der Waals surface area (Å²) in [6.45, 7) is 4.35. The number of nitrogens with zero attached hydrogens (tertiary/aromatic N) is 2. The van der Waals surface area contributed by atoms with Crippen LogP contribution in [0, 0.1) is 0 Å².